The van der Waals surface area contributed by atoms with Crippen molar-refractivity contribution in [3.05, 3.63) is 42.4 Å². The number of benzene rings is 1. The third-order valence-electron chi connectivity index (χ3n) is 5.47. The van der Waals surface area contributed by atoms with Gasteiger partial charge in [0, 0.05) is 21.8 Å². The minimum Gasteiger partial charge on any atom is -0.546 e. The average Bonchev–Trinajstić information content (AvgIpc) is 3.49. The van der Waals surface area contributed by atoms with E-state index in [0.29, 0.717) is 18.8 Å². The summed E-state index contributed by atoms with van der Waals surface area (Å²) in [6.07, 6.45) is 3.15. The van der Waals surface area contributed by atoms with Crippen LogP contribution in [-0.4, -0.2) is 44.2 Å². The molecular weight excluding hydrogens is 466 g/mol. The zero-order chi connectivity index (χ0) is 23.8. The first-order valence-corrected chi connectivity index (χ1v) is 13.1. The molecule has 1 aromatic carbocycles. The van der Waals surface area contributed by atoms with Gasteiger partial charge in [0.15, 0.2) is 16.9 Å². The SMILES string of the molecule is CC(C)(C)[C@@H](Nc1n[s+]([O-])nc1Nc1cccc(S(=O)(=O)N2CCCC2)c1O)c1ccco1. The van der Waals surface area contributed by atoms with Gasteiger partial charge in [-0.05, 0) is 42.5 Å². The van der Waals surface area contributed by atoms with Crippen LogP contribution in [0.4, 0.5) is 17.3 Å². The van der Waals surface area contributed by atoms with Gasteiger partial charge in [-0.25, -0.2) is 8.42 Å². The van der Waals surface area contributed by atoms with Crippen molar-refractivity contribution in [2.75, 3.05) is 23.7 Å². The van der Waals surface area contributed by atoms with Gasteiger partial charge >= 0.3 is 0 Å². The number of hydrogen-bond donors (Lipinski definition) is 3. The van der Waals surface area contributed by atoms with Crippen molar-refractivity contribution >= 4 is 38.5 Å². The maximum absolute atomic E-state index is 13.0. The molecule has 2 aromatic heterocycles. The van der Waals surface area contributed by atoms with Gasteiger partial charge in [0.1, 0.15) is 10.7 Å². The van der Waals surface area contributed by atoms with Gasteiger partial charge in [0.05, 0.1) is 18.0 Å². The first-order valence-electron chi connectivity index (χ1n) is 10.6. The second-order valence-corrected chi connectivity index (χ2v) is 11.7. The van der Waals surface area contributed by atoms with Crippen molar-refractivity contribution in [2.24, 2.45) is 5.41 Å². The molecule has 0 amide bonds. The van der Waals surface area contributed by atoms with Crippen molar-refractivity contribution in [1.29, 1.82) is 0 Å². The van der Waals surface area contributed by atoms with Gasteiger partial charge in [0.25, 0.3) is 0 Å². The fourth-order valence-corrected chi connectivity index (χ4v) is 6.02. The number of phenolic OH excluding ortho intramolecular Hbond substituents is 1. The Labute approximate surface area is 195 Å². The quantitative estimate of drug-likeness (QED) is 0.325. The third kappa shape index (κ3) is 4.83. The van der Waals surface area contributed by atoms with Gasteiger partial charge in [-0.3, -0.25) is 0 Å². The molecule has 1 fully saturated rings. The van der Waals surface area contributed by atoms with Crippen LogP contribution in [0.25, 0.3) is 0 Å². The highest BCUT2D eigenvalue weighted by Gasteiger charge is 2.33. The van der Waals surface area contributed by atoms with Crippen molar-refractivity contribution < 1.29 is 22.5 Å². The summed E-state index contributed by atoms with van der Waals surface area (Å²) in [6, 6.07) is 7.71. The van der Waals surface area contributed by atoms with Gasteiger partial charge in [0.2, 0.25) is 21.7 Å². The molecule has 0 spiro atoms. The van der Waals surface area contributed by atoms with Crippen LogP contribution < -0.4 is 10.6 Å². The molecule has 3 heterocycles. The molecule has 1 aliphatic heterocycles. The lowest BCUT2D eigenvalue weighted by atomic mass is 9.85. The van der Waals surface area contributed by atoms with E-state index in [-0.39, 0.29) is 33.7 Å². The molecule has 1 saturated heterocycles. The minimum atomic E-state index is -3.83. The van der Waals surface area contributed by atoms with E-state index >= 15 is 0 Å². The van der Waals surface area contributed by atoms with E-state index in [1.54, 1.807) is 12.3 Å². The van der Waals surface area contributed by atoms with Crippen LogP contribution in [0.1, 0.15) is 45.4 Å². The predicted molar refractivity (Wildman–Crippen MR) is 125 cm³/mol. The summed E-state index contributed by atoms with van der Waals surface area (Å²) in [4.78, 5) is -0.191. The topological polar surface area (TPSA) is 144 Å². The lowest BCUT2D eigenvalue weighted by molar-refractivity contribution is 0.304. The second kappa shape index (κ2) is 8.93. The van der Waals surface area contributed by atoms with E-state index in [0.717, 1.165) is 12.8 Å². The summed E-state index contributed by atoms with van der Waals surface area (Å²) in [7, 11) is -3.83. The molecule has 3 N–H and O–H groups in total. The summed E-state index contributed by atoms with van der Waals surface area (Å²) in [5.41, 5.74) is -0.172. The molecule has 10 nitrogen and oxygen atoms in total. The number of hydrogen-bond acceptors (Lipinski definition) is 9. The Kier molecular flexibility index (Phi) is 6.36. The molecule has 0 saturated carbocycles. The van der Waals surface area contributed by atoms with Crippen molar-refractivity contribution in [1.82, 2.24) is 13.1 Å². The lowest BCUT2D eigenvalue weighted by Gasteiger charge is -2.29. The van der Waals surface area contributed by atoms with Crippen LogP contribution in [0.3, 0.4) is 0 Å². The first-order chi connectivity index (χ1) is 15.6. The second-order valence-electron chi connectivity index (χ2n) is 8.96. The highest BCUT2D eigenvalue weighted by molar-refractivity contribution is 7.89. The highest BCUT2D eigenvalue weighted by Crippen LogP contribution is 2.40. The van der Waals surface area contributed by atoms with E-state index in [1.165, 1.54) is 22.5 Å². The largest absolute Gasteiger partial charge is 0.546 e. The number of aromatic hydroxyl groups is 1. The van der Waals surface area contributed by atoms with Crippen molar-refractivity contribution in [2.45, 2.75) is 44.6 Å². The number of para-hydroxylation sites is 1. The number of aromatic nitrogens is 2. The highest BCUT2D eigenvalue weighted by atomic mass is 32.2. The van der Waals surface area contributed by atoms with Crippen LogP contribution in [-0.2, 0) is 10.0 Å². The summed E-state index contributed by atoms with van der Waals surface area (Å²) >= 11 is -1.87. The number of anilines is 3. The molecular formula is C21H27N5O5S2. The fourth-order valence-electron chi connectivity index (χ4n) is 3.77. The van der Waals surface area contributed by atoms with E-state index in [9.17, 15) is 18.1 Å². The standard InChI is InChI=1S/C21H27N5O5S2/c1-21(2,3)18(15-9-7-13-31-15)23-20-19(24-32(28)25-20)22-14-8-6-10-16(17(14)27)33(29,30)26-11-4-5-12-26/h6-10,13,18,27H,4-5,11-12H2,1-3H3,(H,22,24)(H,23,25)/t18-,32?/m0/s1. The zero-order valence-corrected chi connectivity index (χ0v) is 20.2. The molecule has 1 aliphatic rings. The zero-order valence-electron chi connectivity index (χ0n) is 18.6. The summed E-state index contributed by atoms with van der Waals surface area (Å²) in [6.45, 7) is 6.90. The Morgan fingerprint density at radius 3 is 2.48 bits per heavy atom. The van der Waals surface area contributed by atoms with E-state index in [4.69, 9.17) is 4.42 Å². The number of nitrogens with one attached hydrogen (secondary N) is 2. The first kappa shape index (κ1) is 23.5. The third-order valence-corrected chi connectivity index (χ3v) is 8.08. The van der Waals surface area contributed by atoms with Crippen LogP contribution in [0.15, 0.2) is 45.9 Å². The average molecular weight is 494 g/mol. The Morgan fingerprint density at radius 1 is 1.15 bits per heavy atom. The Morgan fingerprint density at radius 2 is 1.85 bits per heavy atom. The number of rotatable bonds is 7. The fraction of sp³-hybridized carbons (Fsp3) is 0.429. The van der Waals surface area contributed by atoms with Crippen LogP contribution in [0.5, 0.6) is 5.75 Å². The van der Waals surface area contributed by atoms with Crippen molar-refractivity contribution in [3.8, 4) is 5.75 Å². The van der Waals surface area contributed by atoms with Crippen LogP contribution >= 0.6 is 11.1 Å². The smallest absolute Gasteiger partial charge is 0.246 e. The van der Waals surface area contributed by atoms with Gasteiger partial charge in [-0.15, -0.1) is 0 Å². The molecule has 1 unspecified atom stereocenters. The Bertz CT molecular complexity index is 1210. The number of nitrogens with zero attached hydrogens (tertiary/aromatic N) is 3. The summed E-state index contributed by atoms with van der Waals surface area (Å²) in [5, 5.41) is 16.9. The van der Waals surface area contributed by atoms with E-state index in [1.807, 2.05) is 26.8 Å². The molecule has 0 bridgehead atoms. The lowest BCUT2D eigenvalue weighted by Crippen LogP contribution is -2.28. The van der Waals surface area contributed by atoms with Gasteiger partial charge in [-0.1, -0.05) is 26.8 Å². The molecule has 0 radical (unpaired) electrons. The number of furan rings is 1. The maximum Gasteiger partial charge on any atom is 0.246 e. The predicted octanol–water partition coefficient (Wildman–Crippen LogP) is 4.23. The van der Waals surface area contributed by atoms with Gasteiger partial charge < -0.3 is 24.7 Å². The molecule has 4 rings (SSSR count). The molecule has 3 aromatic rings. The molecule has 0 aliphatic carbocycles. The van der Waals surface area contributed by atoms with E-state index < -0.39 is 26.9 Å². The summed E-state index contributed by atoms with van der Waals surface area (Å²) in [5.74, 6) is 0.586. The van der Waals surface area contributed by atoms with Crippen LogP contribution in [0, 0.1) is 5.41 Å². The molecule has 178 valence electrons. The maximum atomic E-state index is 13.0. The van der Waals surface area contributed by atoms with Crippen LogP contribution in [0.2, 0.25) is 0 Å². The summed E-state index contributed by atoms with van der Waals surface area (Å²) < 4.78 is 53.0. The number of phenols is 1. The Balaban J connectivity index is 1.65. The van der Waals surface area contributed by atoms with E-state index in [2.05, 4.69) is 19.4 Å². The van der Waals surface area contributed by atoms with Crippen molar-refractivity contribution in [3.63, 3.8) is 0 Å². The molecule has 33 heavy (non-hydrogen) atoms. The molecule has 12 heteroatoms. The number of sulfonamides is 1. The molecule has 2 atom stereocenters. The Hall–Kier alpha value is -2.67. The van der Waals surface area contributed by atoms with Gasteiger partial charge in [-0.2, -0.15) is 4.31 Å². The normalized spacial score (nSPS) is 16.7. The monoisotopic (exact) mass is 493 g/mol. The minimum absolute atomic E-state index is 0.118.